The Morgan fingerprint density at radius 1 is 1.33 bits per heavy atom. The van der Waals surface area contributed by atoms with Crippen molar-refractivity contribution >= 4 is 11.9 Å². The topological polar surface area (TPSA) is 76.4 Å². The van der Waals surface area contributed by atoms with Gasteiger partial charge in [0, 0.05) is 0 Å². The molecule has 94 valence electrons. The maximum absolute atomic E-state index is 11.8. The zero-order valence-corrected chi connectivity index (χ0v) is 9.96. The van der Waals surface area contributed by atoms with Gasteiger partial charge in [0.2, 0.25) is 0 Å². The summed E-state index contributed by atoms with van der Waals surface area (Å²) in [6.45, 7) is -0.330. The Morgan fingerprint density at radius 3 is 2.56 bits per heavy atom. The highest BCUT2D eigenvalue weighted by Gasteiger charge is 2.25. The Kier molecular flexibility index (Phi) is 5.39. The Morgan fingerprint density at radius 2 is 2.00 bits per heavy atom. The molecule has 1 rings (SSSR count). The van der Waals surface area contributed by atoms with Crippen LogP contribution in [0.25, 0.3) is 0 Å². The van der Waals surface area contributed by atoms with Gasteiger partial charge in [-0.2, -0.15) is 5.26 Å². The molecule has 0 aliphatic rings. The van der Waals surface area contributed by atoms with Crippen LogP contribution in [-0.2, 0) is 19.1 Å². The minimum atomic E-state index is -0.744. The third kappa shape index (κ3) is 3.91. The van der Waals surface area contributed by atoms with Gasteiger partial charge in [-0.05, 0) is 5.56 Å². The van der Waals surface area contributed by atoms with Gasteiger partial charge in [-0.15, -0.1) is 0 Å². The van der Waals surface area contributed by atoms with Gasteiger partial charge in [0.1, 0.15) is 6.07 Å². The molecular formula is C13H13NO4. The summed E-state index contributed by atoms with van der Waals surface area (Å²) in [5, 5.41) is 8.38. The molecule has 0 aromatic heterocycles. The minimum Gasteiger partial charge on any atom is -0.469 e. The predicted octanol–water partition coefficient (Wildman–Crippen LogP) is 1.40. The van der Waals surface area contributed by atoms with Crippen molar-refractivity contribution in [3.8, 4) is 6.07 Å². The van der Waals surface area contributed by atoms with E-state index in [1.807, 2.05) is 0 Å². The second-order valence-corrected chi connectivity index (χ2v) is 3.51. The fraction of sp³-hybridized carbons (Fsp3) is 0.308. The first-order valence-corrected chi connectivity index (χ1v) is 5.34. The number of rotatable bonds is 5. The number of carbonyl (C=O) groups is 2. The Labute approximate surface area is 105 Å². The van der Waals surface area contributed by atoms with Crippen LogP contribution in [0.5, 0.6) is 0 Å². The van der Waals surface area contributed by atoms with Crippen LogP contribution in [-0.4, -0.2) is 25.7 Å². The number of carbonyl (C=O) groups excluding carboxylic acids is 2. The molecule has 5 nitrogen and oxygen atoms in total. The predicted molar refractivity (Wildman–Crippen MR) is 62.4 cm³/mol. The molecule has 0 amide bonds. The Bertz CT molecular complexity index is 450. The number of nitriles is 1. The molecule has 1 aromatic carbocycles. The summed E-state index contributed by atoms with van der Waals surface area (Å²) >= 11 is 0. The molecule has 0 radical (unpaired) electrons. The van der Waals surface area contributed by atoms with E-state index in [9.17, 15) is 9.59 Å². The number of ether oxygens (including phenoxy) is 2. The van der Waals surface area contributed by atoms with Crippen LogP contribution in [0.15, 0.2) is 30.3 Å². The highest BCUT2D eigenvalue weighted by Crippen LogP contribution is 2.21. The van der Waals surface area contributed by atoms with Crippen molar-refractivity contribution < 1.29 is 19.1 Å². The van der Waals surface area contributed by atoms with E-state index in [4.69, 9.17) is 10.00 Å². The van der Waals surface area contributed by atoms with E-state index in [1.54, 1.807) is 36.4 Å². The highest BCUT2D eigenvalue weighted by atomic mass is 16.5. The molecule has 0 fully saturated rings. The quantitative estimate of drug-likeness (QED) is 0.735. The first kappa shape index (κ1) is 13.7. The average molecular weight is 247 g/mol. The van der Waals surface area contributed by atoms with Crippen molar-refractivity contribution in [2.75, 3.05) is 13.7 Å². The molecule has 1 aromatic rings. The molecule has 0 heterocycles. The number of hydrogen-bond acceptors (Lipinski definition) is 5. The lowest BCUT2D eigenvalue weighted by Crippen LogP contribution is -2.20. The van der Waals surface area contributed by atoms with Crippen molar-refractivity contribution in [1.82, 2.24) is 0 Å². The van der Waals surface area contributed by atoms with E-state index in [0.29, 0.717) is 5.56 Å². The van der Waals surface area contributed by atoms with Crippen LogP contribution < -0.4 is 0 Å². The van der Waals surface area contributed by atoms with Crippen LogP contribution in [0, 0.1) is 11.3 Å². The molecule has 0 aliphatic carbocycles. The summed E-state index contributed by atoms with van der Waals surface area (Å²) in [5.41, 5.74) is 0.658. The van der Waals surface area contributed by atoms with E-state index in [2.05, 4.69) is 4.74 Å². The molecule has 0 bridgehead atoms. The fourth-order valence-electron chi connectivity index (χ4n) is 1.48. The molecule has 1 unspecified atom stereocenters. The smallest absolute Gasteiger partial charge is 0.315 e. The van der Waals surface area contributed by atoms with Crippen LogP contribution in [0.2, 0.25) is 0 Å². The van der Waals surface area contributed by atoms with E-state index in [-0.39, 0.29) is 13.0 Å². The summed E-state index contributed by atoms with van der Waals surface area (Å²) in [5.74, 6) is -1.85. The molecule has 0 spiro atoms. The van der Waals surface area contributed by atoms with Crippen LogP contribution in [0.4, 0.5) is 0 Å². The second-order valence-electron chi connectivity index (χ2n) is 3.51. The van der Waals surface area contributed by atoms with Crippen molar-refractivity contribution in [2.24, 2.45) is 0 Å². The van der Waals surface area contributed by atoms with Gasteiger partial charge >= 0.3 is 11.9 Å². The van der Waals surface area contributed by atoms with E-state index in [1.165, 1.54) is 7.11 Å². The van der Waals surface area contributed by atoms with Crippen molar-refractivity contribution in [1.29, 1.82) is 5.26 Å². The monoisotopic (exact) mass is 247 g/mol. The molecule has 0 saturated heterocycles. The Hall–Kier alpha value is -2.35. The third-order valence-electron chi connectivity index (χ3n) is 2.36. The molecular weight excluding hydrogens is 234 g/mol. The second kappa shape index (κ2) is 7.07. The van der Waals surface area contributed by atoms with Crippen LogP contribution in [0.3, 0.4) is 0 Å². The molecule has 1 atom stereocenters. The maximum atomic E-state index is 11.8. The zero-order valence-electron chi connectivity index (χ0n) is 9.96. The largest absolute Gasteiger partial charge is 0.469 e. The number of methoxy groups -OCH3 is 1. The van der Waals surface area contributed by atoms with Crippen molar-refractivity contribution in [2.45, 2.75) is 12.3 Å². The molecule has 0 aliphatic heterocycles. The summed E-state index contributed by atoms with van der Waals surface area (Å²) in [6, 6.07) is 10.5. The first-order chi connectivity index (χ1) is 8.69. The number of nitrogens with zero attached hydrogens (tertiary/aromatic N) is 1. The van der Waals surface area contributed by atoms with E-state index < -0.39 is 17.9 Å². The van der Waals surface area contributed by atoms with Gasteiger partial charge in [-0.1, -0.05) is 30.3 Å². The number of esters is 2. The summed E-state index contributed by atoms with van der Waals surface area (Å²) < 4.78 is 9.29. The lowest BCUT2D eigenvalue weighted by Gasteiger charge is -2.14. The Balaban J connectivity index is 2.85. The number of benzene rings is 1. The SMILES string of the molecule is COC(=O)CC(C(=O)OCC#N)c1ccccc1. The maximum Gasteiger partial charge on any atom is 0.315 e. The molecule has 5 heteroatoms. The lowest BCUT2D eigenvalue weighted by molar-refractivity contribution is -0.150. The van der Waals surface area contributed by atoms with Gasteiger partial charge in [-0.3, -0.25) is 9.59 Å². The van der Waals surface area contributed by atoms with Gasteiger partial charge in [0.25, 0.3) is 0 Å². The molecule has 0 saturated carbocycles. The van der Waals surface area contributed by atoms with Gasteiger partial charge < -0.3 is 9.47 Å². The van der Waals surface area contributed by atoms with Crippen LogP contribution in [0.1, 0.15) is 17.9 Å². The van der Waals surface area contributed by atoms with E-state index >= 15 is 0 Å². The first-order valence-electron chi connectivity index (χ1n) is 5.34. The normalized spacial score (nSPS) is 11.1. The summed E-state index contributed by atoms with van der Waals surface area (Å²) in [6.07, 6.45) is -0.106. The van der Waals surface area contributed by atoms with E-state index in [0.717, 1.165) is 0 Å². The molecule has 0 N–H and O–H groups in total. The third-order valence-corrected chi connectivity index (χ3v) is 2.36. The summed E-state index contributed by atoms with van der Waals surface area (Å²) in [4.78, 5) is 23.1. The van der Waals surface area contributed by atoms with Crippen LogP contribution >= 0.6 is 0 Å². The standard InChI is InChI=1S/C13H13NO4/c1-17-12(15)9-11(13(16)18-8-7-14)10-5-3-2-4-6-10/h2-6,11H,8-9H2,1H3. The van der Waals surface area contributed by atoms with Gasteiger partial charge in [0.05, 0.1) is 19.4 Å². The highest BCUT2D eigenvalue weighted by molar-refractivity contribution is 5.84. The lowest BCUT2D eigenvalue weighted by atomic mass is 9.96. The van der Waals surface area contributed by atoms with Crippen molar-refractivity contribution in [3.63, 3.8) is 0 Å². The number of hydrogen-bond donors (Lipinski definition) is 0. The molecule has 18 heavy (non-hydrogen) atoms. The van der Waals surface area contributed by atoms with Gasteiger partial charge in [0.15, 0.2) is 6.61 Å². The minimum absolute atomic E-state index is 0.106. The zero-order chi connectivity index (χ0) is 13.4. The van der Waals surface area contributed by atoms with Crippen molar-refractivity contribution in [3.05, 3.63) is 35.9 Å². The summed E-state index contributed by atoms with van der Waals surface area (Å²) in [7, 11) is 1.25. The average Bonchev–Trinajstić information content (AvgIpc) is 2.42. The fourth-order valence-corrected chi connectivity index (χ4v) is 1.48. The van der Waals surface area contributed by atoms with Gasteiger partial charge in [-0.25, -0.2) is 0 Å².